The Morgan fingerprint density at radius 1 is 1.17 bits per heavy atom. The van der Waals surface area contributed by atoms with Gasteiger partial charge in [0.25, 0.3) is 0 Å². The predicted octanol–water partition coefficient (Wildman–Crippen LogP) is 2.92. The van der Waals surface area contributed by atoms with E-state index in [1.807, 2.05) is 55.6 Å². The second-order valence-electron chi connectivity index (χ2n) is 5.13. The highest BCUT2D eigenvalue weighted by molar-refractivity contribution is 5.85. The van der Waals surface area contributed by atoms with Gasteiger partial charge in [-0.3, -0.25) is 9.78 Å². The smallest absolute Gasteiger partial charge is 0.224 e. The van der Waals surface area contributed by atoms with Crippen molar-refractivity contribution in [2.75, 3.05) is 6.54 Å². The van der Waals surface area contributed by atoms with Gasteiger partial charge in [0.05, 0.1) is 5.92 Å². The van der Waals surface area contributed by atoms with Crippen LogP contribution in [0, 0.1) is 5.92 Å². The first kappa shape index (κ1) is 21.4. The fourth-order valence-electron chi connectivity index (χ4n) is 2.16. The van der Waals surface area contributed by atoms with E-state index < -0.39 is 0 Å². The van der Waals surface area contributed by atoms with Crippen LogP contribution in [0.4, 0.5) is 0 Å². The predicted molar refractivity (Wildman–Crippen MR) is 98.0 cm³/mol. The van der Waals surface area contributed by atoms with Gasteiger partial charge in [0, 0.05) is 25.0 Å². The molecule has 23 heavy (non-hydrogen) atoms. The summed E-state index contributed by atoms with van der Waals surface area (Å²) in [5, 5.41) is 2.93. The zero-order valence-electron chi connectivity index (χ0n) is 13.0. The Labute approximate surface area is 149 Å². The number of carbonyl (C=O) groups excluding carboxylic acids is 1. The number of hydrogen-bond donors (Lipinski definition) is 2. The Bertz CT molecular complexity index is 567. The Kier molecular flexibility index (Phi) is 10.2. The molecule has 126 valence electrons. The molecule has 0 spiro atoms. The van der Waals surface area contributed by atoms with Crippen LogP contribution in [0.15, 0.2) is 54.9 Å². The lowest BCUT2D eigenvalue weighted by molar-refractivity contribution is -0.125. The summed E-state index contributed by atoms with van der Waals surface area (Å²) in [6.45, 7) is 2.45. The molecule has 1 aromatic heterocycles. The lowest BCUT2D eigenvalue weighted by Gasteiger charge is -2.19. The zero-order valence-corrected chi connectivity index (χ0v) is 14.6. The van der Waals surface area contributed by atoms with Crippen LogP contribution in [0.1, 0.15) is 24.1 Å². The molecule has 0 fully saturated rings. The lowest BCUT2D eigenvalue weighted by Crippen LogP contribution is -2.36. The van der Waals surface area contributed by atoms with Crippen molar-refractivity contribution in [3.05, 3.63) is 66.0 Å². The molecule has 6 heteroatoms. The molecule has 1 aromatic carbocycles. The summed E-state index contributed by atoms with van der Waals surface area (Å²) in [7, 11) is 0. The van der Waals surface area contributed by atoms with Gasteiger partial charge >= 0.3 is 0 Å². The van der Waals surface area contributed by atoms with Crippen molar-refractivity contribution >= 4 is 30.7 Å². The zero-order chi connectivity index (χ0) is 15.1. The Hall–Kier alpha value is -1.62. The van der Waals surface area contributed by atoms with Gasteiger partial charge in [-0.2, -0.15) is 0 Å². The minimum atomic E-state index is -0.287. The van der Waals surface area contributed by atoms with Crippen LogP contribution in [0.2, 0.25) is 0 Å². The number of halogens is 2. The summed E-state index contributed by atoms with van der Waals surface area (Å²) in [5.74, 6) is -0.281. The first-order valence-electron chi connectivity index (χ1n) is 7.15. The minimum absolute atomic E-state index is 0. The van der Waals surface area contributed by atoms with E-state index in [0.717, 1.165) is 17.5 Å². The molecular formula is C17H23Cl2N3O. The molecule has 0 aliphatic carbocycles. The quantitative estimate of drug-likeness (QED) is 0.836. The number of nitrogens with zero attached hydrogens (tertiary/aromatic N) is 1. The van der Waals surface area contributed by atoms with Crippen LogP contribution in [0.3, 0.4) is 0 Å². The van der Waals surface area contributed by atoms with E-state index in [1.165, 1.54) is 0 Å². The fraction of sp³-hybridized carbons (Fsp3) is 0.294. The molecule has 1 heterocycles. The van der Waals surface area contributed by atoms with Gasteiger partial charge in [-0.05, 0) is 23.6 Å². The summed E-state index contributed by atoms with van der Waals surface area (Å²) < 4.78 is 0. The maximum atomic E-state index is 12.1. The molecule has 0 saturated carbocycles. The average Bonchev–Trinajstić information content (AvgIpc) is 2.55. The van der Waals surface area contributed by atoms with Crippen molar-refractivity contribution in [3.63, 3.8) is 0 Å². The fourth-order valence-corrected chi connectivity index (χ4v) is 2.16. The van der Waals surface area contributed by atoms with Crippen LogP contribution < -0.4 is 11.1 Å². The van der Waals surface area contributed by atoms with Crippen molar-refractivity contribution in [1.82, 2.24) is 10.3 Å². The number of nitrogens with one attached hydrogen (secondary N) is 1. The van der Waals surface area contributed by atoms with Gasteiger partial charge in [0.2, 0.25) is 5.91 Å². The standard InChI is InChI=1S/C17H21N3O.2ClH/c1-13(16(18)15-7-3-2-4-8-15)17(21)20-11-9-14-6-5-10-19-12-14;;/h2-8,10,12-13,16H,9,11,18H2,1H3,(H,20,21);2*1H. The molecule has 1 amide bonds. The van der Waals surface area contributed by atoms with Crippen molar-refractivity contribution in [2.24, 2.45) is 11.7 Å². The van der Waals surface area contributed by atoms with Crippen LogP contribution in [-0.2, 0) is 11.2 Å². The van der Waals surface area contributed by atoms with E-state index in [1.54, 1.807) is 6.20 Å². The van der Waals surface area contributed by atoms with Gasteiger partial charge in [0.1, 0.15) is 0 Å². The van der Waals surface area contributed by atoms with E-state index in [-0.39, 0.29) is 42.7 Å². The summed E-state index contributed by atoms with van der Waals surface area (Å²) in [6.07, 6.45) is 4.32. The topological polar surface area (TPSA) is 68.0 Å². The first-order chi connectivity index (χ1) is 10.2. The second-order valence-corrected chi connectivity index (χ2v) is 5.13. The van der Waals surface area contributed by atoms with E-state index in [4.69, 9.17) is 5.73 Å². The first-order valence-corrected chi connectivity index (χ1v) is 7.15. The van der Waals surface area contributed by atoms with Gasteiger partial charge in [-0.15, -0.1) is 24.8 Å². The largest absolute Gasteiger partial charge is 0.355 e. The summed E-state index contributed by atoms with van der Waals surface area (Å²) in [4.78, 5) is 16.2. The molecule has 4 nitrogen and oxygen atoms in total. The van der Waals surface area contributed by atoms with Gasteiger partial charge in [-0.25, -0.2) is 0 Å². The molecule has 0 aliphatic heterocycles. The van der Waals surface area contributed by atoms with Gasteiger partial charge < -0.3 is 11.1 Å². The number of amides is 1. The number of pyridine rings is 1. The minimum Gasteiger partial charge on any atom is -0.355 e. The maximum Gasteiger partial charge on any atom is 0.224 e. The van der Waals surface area contributed by atoms with E-state index in [0.29, 0.717) is 6.54 Å². The lowest BCUT2D eigenvalue weighted by atomic mass is 9.94. The number of nitrogens with two attached hydrogens (primary N) is 1. The van der Waals surface area contributed by atoms with Crippen molar-refractivity contribution < 1.29 is 4.79 Å². The summed E-state index contributed by atoms with van der Waals surface area (Å²) in [5.41, 5.74) is 8.24. The van der Waals surface area contributed by atoms with Crippen molar-refractivity contribution in [2.45, 2.75) is 19.4 Å². The van der Waals surface area contributed by atoms with Crippen LogP contribution in [-0.4, -0.2) is 17.4 Å². The van der Waals surface area contributed by atoms with Gasteiger partial charge in [0.15, 0.2) is 0 Å². The molecule has 2 atom stereocenters. The SMILES string of the molecule is CC(C(=O)NCCc1cccnc1)C(N)c1ccccc1.Cl.Cl. The monoisotopic (exact) mass is 355 g/mol. The number of aromatic nitrogens is 1. The molecule has 0 bridgehead atoms. The summed E-state index contributed by atoms with van der Waals surface area (Å²) in [6, 6.07) is 13.3. The maximum absolute atomic E-state index is 12.1. The van der Waals surface area contributed by atoms with Crippen molar-refractivity contribution in [3.8, 4) is 0 Å². The summed E-state index contributed by atoms with van der Waals surface area (Å²) >= 11 is 0. The van der Waals surface area contributed by atoms with E-state index in [9.17, 15) is 4.79 Å². The third kappa shape index (κ3) is 6.57. The average molecular weight is 356 g/mol. The van der Waals surface area contributed by atoms with E-state index >= 15 is 0 Å². The molecule has 2 unspecified atom stereocenters. The highest BCUT2D eigenvalue weighted by Gasteiger charge is 2.21. The van der Waals surface area contributed by atoms with Crippen LogP contribution in [0.5, 0.6) is 0 Å². The highest BCUT2D eigenvalue weighted by atomic mass is 35.5. The Morgan fingerprint density at radius 2 is 1.87 bits per heavy atom. The van der Waals surface area contributed by atoms with E-state index in [2.05, 4.69) is 10.3 Å². The molecule has 2 aromatic rings. The molecule has 2 rings (SSSR count). The second kappa shape index (κ2) is 11.0. The third-order valence-electron chi connectivity index (χ3n) is 3.57. The molecule has 0 aliphatic rings. The highest BCUT2D eigenvalue weighted by Crippen LogP contribution is 2.18. The molecule has 0 saturated heterocycles. The normalized spacial score (nSPS) is 12.3. The van der Waals surface area contributed by atoms with Crippen LogP contribution in [0.25, 0.3) is 0 Å². The molecule has 3 N–H and O–H groups in total. The van der Waals surface area contributed by atoms with Crippen molar-refractivity contribution in [1.29, 1.82) is 0 Å². The third-order valence-corrected chi connectivity index (χ3v) is 3.57. The number of hydrogen-bond acceptors (Lipinski definition) is 3. The molecule has 0 radical (unpaired) electrons. The Morgan fingerprint density at radius 3 is 2.48 bits per heavy atom. The van der Waals surface area contributed by atoms with Gasteiger partial charge in [-0.1, -0.05) is 43.3 Å². The Balaban J connectivity index is 0.00000242. The molecular weight excluding hydrogens is 333 g/mol. The number of benzene rings is 1. The number of carbonyl (C=O) groups is 1. The number of rotatable bonds is 6. The van der Waals surface area contributed by atoms with Crippen LogP contribution >= 0.6 is 24.8 Å².